The van der Waals surface area contributed by atoms with Gasteiger partial charge >= 0.3 is 11.9 Å². The molecule has 2 atom stereocenters. The molecule has 1 aliphatic heterocycles. The zero-order chi connectivity index (χ0) is 21.4. The van der Waals surface area contributed by atoms with E-state index in [0.29, 0.717) is 26.2 Å². The van der Waals surface area contributed by atoms with E-state index in [4.69, 9.17) is 19.9 Å². The van der Waals surface area contributed by atoms with Crippen LogP contribution in [0.3, 0.4) is 0 Å². The van der Waals surface area contributed by atoms with Crippen LogP contribution in [0.5, 0.6) is 0 Å². The molecule has 1 heterocycles. The Labute approximate surface area is 181 Å². The van der Waals surface area contributed by atoms with E-state index >= 15 is 0 Å². The number of esters is 2. The van der Waals surface area contributed by atoms with Crippen LogP contribution in [0, 0.1) is 5.92 Å². The highest BCUT2D eigenvalue weighted by molar-refractivity contribution is 9.10. The average molecular weight is 471 g/mol. The second kappa shape index (κ2) is 11.1. The molecule has 8 heteroatoms. The highest BCUT2D eigenvalue weighted by Crippen LogP contribution is 2.20. The Hall–Kier alpha value is -1.48. The summed E-state index contributed by atoms with van der Waals surface area (Å²) in [5, 5.41) is 0. The van der Waals surface area contributed by atoms with Crippen LogP contribution < -0.4 is 5.73 Å². The van der Waals surface area contributed by atoms with E-state index in [2.05, 4.69) is 20.8 Å². The van der Waals surface area contributed by atoms with Crippen molar-refractivity contribution in [3.8, 4) is 0 Å². The van der Waals surface area contributed by atoms with Gasteiger partial charge in [0.05, 0.1) is 19.1 Å². The molecule has 2 N–H and O–H groups in total. The molecule has 0 aromatic heterocycles. The van der Waals surface area contributed by atoms with Crippen LogP contribution in [-0.4, -0.2) is 67.9 Å². The summed E-state index contributed by atoms with van der Waals surface area (Å²) >= 11 is 3.39. The number of rotatable bonds is 8. The van der Waals surface area contributed by atoms with Crippen molar-refractivity contribution in [2.24, 2.45) is 11.7 Å². The summed E-state index contributed by atoms with van der Waals surface area (Å²) in [6.45, 7) is 9.19. The smallest absolute Gasteiger partial charge is 0.323 e. The summed E-state index contributed by atoms with van der Waals surface area (Å²) in [5.74, 6) is -1.92. The number of benzene rings is 1. The maximum atomic E-state index is 12.8. The Morgan fingerprint density at radius 3 is 2.38 bits per heavy atom. The minimum Gasteiger partial charge on any atom is -0.463 e. The summed E-state index contributed by atoms with van der Waals surface area (Å²) in [6, 6.07) is 6.44. The number of halogens is 1. The number of morpholine rings is 1. The van der Waals surface area contributed by atoms with Crippen LogP contribution in [0.2, 0.25) is 0 Å². The molecule has 0 amide bonds. The average Bonchev–Trinajstić information content (AvgIpc) is 2.66. The Kier molecular flexibility index (Phi) is 9.07. The van der Waals surface area contributed by atoms with Gasteiger partial charge in [-0.25, -0.2) is 0 Å². The van der Waals surface area contributed by atoms with Crippen molar-refractivity contribution in [3.63, 3.8) is 0 Å². The van der Waals surface area contributed by atoms with E-state index in [-0.39, 0.29) is 6.61 Å². The molecule has 1 aliphatic rings. The highest BCUT2D eigenvalue weighted by Gasteiger charge is 2.35. The van der Waals surface area contributed by atoms with Crippen molar-refractivity contribution in [1.82, 2.24) is 4.90 Å². The SMILES string of the molecule is CC(C)(C)OC(=O)C(Cc1ccc(Br)cc1)C(N)C(=O)OCCN1CCOCC1. The quantitative estimate of drug-likeness (QED) is 0.581. The first-order chi connectivity index (χ1) is 13.7. The fourth-order valence-electron chi connectivity index (χ4n) is 2.97. The molecule has 1 fully saturated rings. The van der Waals surface area contributed by atoms with Crippen molar-refractivity contribution in [2.45, 2.75) is 38.8 Å². The lowest BCUT2D eigenvalue weighted by atomic mass is 9.92. The van der Waals surface area contributed by atoms with E-state index in [1.807, 2.05) is 24.3 Å². The molecule has 0 spiro atoms. The van der Waals surface area contributed by atoms with E-state index in [1.54, 1.807) is 20.8 Å². The number of hydrogen-bond donors (Lipinski definition) is 1. The molecule has 1 aromatic rings. The van der Waals surface area contributed by atoms with Crippen molar-refractivity contribution in [2.75, 3.05) is 39.5 Å². The van der Waals surface area contributed by atoms with Gasteiger partial charge in [-0.1, -0.05) is 28.1 Å². The van der Waals surface area contributed by atoms with Crippen molar-refractivity contribution in [3.05, 3.63) is 34.3 Å². The zero-order valence-electron chi connectivity index (χ0n) is 17.4. The number of nitrogens with zero attached hydrogens (tertiary/aromatic N) is 1. The predicted octanol–water partition coefficient (Wildman–Crippen LogP) is 2.15. The molecule has 0 bridgehead atoms. The molecule has 1 aromatic carbocycles. The van der Waals surface area contributed by atoms with Gasteiger partial charge in [-0.3, -0.25) is 14.5 Å². The Balaban J connectivity index is 1.99. The Bertz CT molecular complexity index is 669. The molecule has 2 rings (SSSR count). The second-order valence-electron chi connectivity index (χ2n) is 8.12. The Morgan fingerprint density at radius 1 is 1.17 bits per heavy atom. The highest BCUT2D eigenvalue weighted by atomic mass is 79.9. The molecule has 7 nitrogen and oxygen atoms in total. The normalized spacial score (nSPS) is 17.4. The van der Waals surface area contributed by atoms with Crippen LogP contribution in [-0.2, 0) is 30.2 Å². The van der Waals surface area contributed by atoms with Crippen LogP contribution in [0.1, 0.15) is 26.3 Å². The summed E-state index contributed by atoms with van der Waals surface area (Å²) in [6.07, 6.45) is 0.294. The van der Waals surface area contributed by atoms with E-state index in [0.717, 1.165) is 23.1 Å². The van der Waals surface area contributed by atoms with Gasteiger partial charge in [-0.05, 0) is 44.9 Å². The monoisotopic (exact) mass is 470 g/mol. The zero-order valence-corrected chi connectivity index (χ0v) is 18.9. The third kappa shape index (κ3) is 8.42. The van der Waals surface area contributed by atoms with Crippen molar-refractivity contribution < 1.29 is 23.8 Å². The van der Waals surface area contributed by atoms with Crippen LogP contribution in [0.25, 0.3) is 0 Å². The molecule has 29 heavy (non-hydrogen) atoms. The van der Waals surface area contributed by atoms with Crippen molar-refractivity contribution in [1.29, 1.82) is 0 Å². The van der Waals surface area contributed by atoms with Gasteiger partial charge in [0.15, 0.2) is 0 Å². The molecule has 1 saturated heterocycles. The summed E-state index contributed by atoms with van der Waals surface area (Å²) in [5.41, 5.74) is 6.38. The molecule has 0 radical (unpaired) electrons. The van der Waals surface area contributed by atoms with Gasteiger partial charge in [0.1, 0.15) is 18.2 Å². The van der Waals surface area contributed by atoms with Crippen LogP contribution >= 0.6 is 15.9 Å². The summed E-state index contributed by atoms with van der Waals surface area (Å²) in [4.78, 5) is 27.5. The van der Waals surface area contributed by atoms with Gasteiger partial charge in [0.2, 0.25) is 0 Å². The molecule has 0 aliphatic carbocycles. The van der Waals surface area contributed by atoms with Crippen molar-refractivity contribution >= 4 is 27.9 Å². The van der Waals surface area contributed by atoms with E-state index in [9.17, 15) is 9.59 Å². The number of carbonyl (C=O) groups excluding carboxylic acids is 2. The predicted molar refractivity (Wildman–Crippen MR) is 113 cm³/mol. The van der Waals surface area contributed by atoms with Gasteiger partial charge < -0.3 is 19.9 Å². The van der Waals surface area contributed by atoms with Gasteiger partial charge in [-0.2, -0.15) is 0 Å². The van der Waals surface area contributed by atoms with E-state index in [1.165, 1.54) is 0 Å². The number of nitrogens with two attached hydrogens (primary N) is 1. The first kappa shape index (κ1) is 23.8. The number of hydrogen-bond acceptors (Lipinski definition) is 7. The van der Waals surface area contributed by atoms with Gasteiger partial charge in [-0.15, -0.1) is 0 Å². The summed E-state index contributed by atoms with van der Waals surface area (Å²) < 4.78 is 17.1. The fraction of sp³-hybridized carbons (Fsp3) is 0.619. The van der Waals surface area contributed by atoms with E-state index < -0.39 is 29.5 Å². The summed E-state index contributed by atoms with van der Waals surface area (Å²) in [7, 11) is 0. The maximum absolute atomic E-state index is 12.8. The lowest BCUT2D eigenvalue weighted by Crippen LogP contribution is -2.47. The lowest BCUT2D eigenvalue weighted by Gasteiger charge is -2.28. The van der Waals surface area contributed by atoms with Gasteiger partial charge in [0.25, 0.3) is 0 Å². The first-order valence-electron chi connectivity index (χ1n) is 9.85. The number of carbonyl (C=O) groups is 2. The molecule has 0 saturated carbocycles. The standard InChI is InChI=1S/C21H31BrN2O5/c1-21(2,3)29-19(25)17(14-15-4-6-16(22)7-5-15)18(23)20(26)28-13-10-24-8-11-27-12-9-24/h4-7,17-18H,8-14,23H2,1-3H3. The molecule has 2 unspecified atom stereocenters. The van der Waals surface area contributed by atoms with Crippen LogP contribution in [0.15, 0.2) is 28.7 Å². The van der Waals surface area contributed by atoms with Gasteiger partial charge in [0, 0.05) is 24.1 Å². The minimum atomic E-state index is -1.10. The maximum Gasteiger partial charge on any atom is 0.323 e. The van der Waals surface area contributed by atoms with Crippen LogP contribution in [0.4, 0.5) is 0 Å². The topological polar surface area (TPSA) is 91.1 Å². The first-order valence-corrected chi connectivity index (χ1v) is 10.6. The number of ether oxygens (including phenoxy) is 3. The minimum absolute atomic E-state index is 0.228. The largest absolute Gasteiger partial charge is 0.463 e. The second-order valence-corrected chi connectivity index (χ2v) is 9.03. The molecular formula is C21H31BrN2O5. The molecular weight excluding hydrogens is 440 g/mol. The molecule has 162 valence electrons. The Morgan fingerprint density at radius 2 is 1.79 bits per heavy atom. The fourth-order valence-corrected chi connectivity index (χ4v) is 3.23. The third-order valence-corrected chi connectivity index (χ3v) is 5.07. The third-order valence-electron chi connectivity index (χ3n) is 4.54. The lowest BCUT2D eigenvalue weighted by molar-refractivity contribution is -0.165.